The Labute approximate surface area is 152 Å². The Kier molecular flexibility index (Phi) is 5.56. The third-order valence-electron chi connectivity index (χ3n) is 4.40. The number of benzene rings is 2. The number of sulfonamides is 1. The van der Waals surface area contributed by atoms with Gasteiger partial charge < -0.3 is 4.90 Å². The van der Waals surface area contributed by atoms with Crippen LogP contribution in [-0.2, 0) is 10.0 Å². The van der Waals surface area contributed by atoms with Crippen LogP contribution < -0.4 is 4.72 Å². The van der Waals surface area contributed by atoms with Gasteiger partial charge in [0.15, 0.2) is 0 Å². The first-order chi connectivity index (χ1) is 12.5. The first kappa shape index (κ1) is 18.4. The summed E-state index contributed by atoms with van der Waals surface area (Å²) in [7, 11) is -3.99. The van der Waals surface area contributed by atoms with Crippen molar-refractivity contribution in [2.24, 2.45) is 0 Å². The second kappa shape index (κ2) is 7.86. The molecule has 0 unspecified atom stereocenters. The van der Waals surface area contributed by atoms with E-state index >= 15 is 0 Å². The Morgan fingerprint density at radius 1 is 0.962 bits per heavy atom. The number of anilines is 1. The molecule has 0 atom stereocenters. The quantitative estimate of drug-likeness (QED) is 0.886. The Balaban J connectivity index is 1.84. The molecule has 0 aromatic heterocycles. The monoisotopic (exact) mass is 376 g/mol. The van der Waals surface area contributed by atoms with Gasteiger partial charge in [-0.1, -0.05) is 31.0 Å². The fourth-order valence-corrected chi connectivity index (χ4v) is 4.11. The summed E-state index contributed by atoms with van der Waals surface area (Å²) >= 11 is 0. The molecule has 1 amide bonds. The minimum Gasteiger partial charge on any atom is -0.339 e. The Morgan fingerprint density at radius 3 is 2.35 bits per heavy atom. The van der Waals surface area contributed by atoms with E-state index in [1.54, 1.807) is 17.0 Å². The van der Waals surface area contributed by atoms with Crippen LogP contribution in [-0.4, -0.2) is 32.3 Å². The van der Waals surface area contributed by atoms with Gasteiger partial charge in [-0.05, 0) is 43.2 Å². The van der Waals surface area contributed by atoms with Gasteiger partial charge in [0.2, 0.25) is 0 Å². The zero-order chi connectivity index (χ0) is 18.6. The van der Waals surface area contributed by atoms with E-state index in [9.17, 15) is 17.6 Å². The Morgan fingerprint density at radius 2 is 1.65 bits per heavy atom. The van der Waals surface area contributed by atoms with Crippen LogP contribution in [0.1, 0.15) is 36.0 Å². The molecule has 1 saturated heterocycles. The maximum absolute atomic E-state index is 13.7. The van der Waals surface area contributed by atoms with Crippen LogP contribution in [0.5, 0.6) is 0 Å². The highest BCUT2D eigenvalue weighted by atomic mass is 32.2. The third-order valence-corrected chi connectivity index (χ3v) is 5.77. The maximum atomic E-state index is 13.7. The van der Waals surface area contributed by atoms with Crippen LogP contribution in [0.4, 0.5) is 10.1 Å². The van der Waals surface area contributed by atoms with E-state index in [2.05, 4.69) is 4.72 Å². The van der Waals surface area contributed by atoms with Gasteiger partial charge in [-0.3, -0.25) is 9.52 Å². The summed E-state index contributed by atoms with van der Waals surface area (Å²) in [5.41, 5.74) is 0.194. The molecular formula is C19H21FN2O3S. The van der Waals surface area contributed by atoms with Gasteiger partial charge in [-0.2, -0.15) is 0 Å². The SMILES string of the molecule is O=C(c1cccc(S(=O)(=O)Nc2ccccc2F)c1)N1CCCCCC1. The Hall–Kier alpha value is -2.41. The minimum atomic E-state index is -3.99. The maximum Gasteiger partial charge on any atom is 0.262 e. The molecule has 0 saturated carbocycles. The zero-order valence-corrected chi connectivity index (χ0v) is 15.1. The van der Waals surface area contributed by atoms with E-state index in [-0.39, 0.29) is 16.5 Å². The first-order valence-electron chi connectivity index (χ1n) is 8.64. The van der Waals surface area contributed by atoms with Gasteiger partial charge in [0, 0.05) is 18.7 Å². The Bertz CT molecular complexity index is 891. The van der Waals surface area contributed by atoms with Gasteiger partial charge in [0.1, 0.15) is 5.82 Å². The predicted octanol–water partition coefficient (Wildman–Crippen LogP) is 3.64. The predicted molar refractivity (Wildman–Crippen MR) is 98.0 cm³/mol. The number of rotatable bonds is 4. The molecule has 2 aromatic carbocycles. The molecule has 3 rings (SSSR count). The van der Waals surface area contributed by atoms with Crippen molar-refractivity contribution in [2.45, 2.75) is 30.6 Å². The lowest BCUT2D eigenvalue weighted by atomic mass is 10.2. The van der Waals surface area contributed by atoms with E-state index in [0.29, 0.717) is 18.7 Å². The van der Waals surface area contributed by atoms with Gasteiger partial charge in [0.25, 0.3) is 15.9 Å². The molecule has 1 fully saturated rings. The largest absolute Gasteiger partial charge is 0.339 e. The number of carbonyl (C=O) groups is 1. The van der Waals surface area contributed by atoms with Crippen molar-refractivity contribution in [1.29, 1.82) is 0 Å². The smallest absolute Gasteiger partial charge is 0.262 e. The molecule has 5 nitrogen and oxygen atoms in total. The molecule has 138 valence electrons. The number of hydrogen-bond donors (Lipinski definition) is 1. The second-order valence-electron chi connectivity index (χ2n) is 6.32. The number of carbonyl (C=O) groups excluding carboxylic acids is 1. The van der Waals surface area contributed by atoms with Gasteiger partial charge >= 0.3 is 0 Å². The van der Waals surface area contributed by atoms with Gasteiger partial charge in [-0.25, -0.2) is 12.8 Å². The average molecular weight is 376 g/mol. The molecule has 1 N–H and O–H groups in total. The summed E-state index contributed by atoms with van der Waals surface area (Å²) in [6.45, 7) is 1.37. The van der Waals surface area contributed by atoms with Gasteiger partial charge in [-0.15, -0.1) is 0 Å². The topological polar surface area (TPSA) is 66.5 Å². The van der Waals surface area contributed by atoms with E-state index in [1.807, 2.05) is 0 Å². The zero-order valence-electron chi connectivity index (χ0n) is 14.3. The third kappa shape index (κ3) is 4.22. The number of para-hydroxylation sites is 1. The van der Waals surface area contributed by atoms with E-state index in [4.69, 9.17) is 0 Å². The number of nitrogens with one attached hydrogen (secondary N) is 1. The molecule has 0 radical (unpaired) electrons. The van der Waals surface area contributed by atoms with Crippen molar-refractivity contribution in [2.75, 3.05) is 17.8 Å². The lowest BCUT2D eigenvalue weighted by molar-refractivity contribution is 0.0761. The van der Waals surface area contributed by atoms with Crippen molar-refractivity contribution >= 4 is 21.6 Å². The molecule has 7 heteroatoms. The molecule has 0 bridgehead atoms. The summed E-state index contributed by atoms with van der Waals surface area (Å²) in [5.74, 6) is -0.831. The van der Waals surface area contributed by atoms with E-state index in [0.717, 1.165) is 25.7 Å². The highest BCUT2D eigenvalue weighted by Crippen LogP contribution is 2.21. The first-order valence-corrected chi connectivity index (χ1v) is 10.1. The second-order valence-corrected chi connectivity index (χ2v) is 8.00. The average Bonchev–Trinajstić information content (AvgIpc) is 2.92. The van der Waals surface area contributed by atoms with Crippen molar-refractivity contribution in [3.05, 3.63) is 59.9 Å². The summed E-state index contributed by atoms with van der Waals surface area (Å²) in [6, 6.07) is 11.4. The molecule has 1 aliphatic heterocycles. The number of likely N-dealkylation sites (tertiary alicyclic amines) is 1. The van der Waals surface area contributed by atoms with Crippen LogP contribution in [0.3, 0.4) is 0 Å². The molecule has 0 aliphatic carbocycles. The van der Waals surface area contributed by atoms with Gasteiger partial charge in [0.05, 0.1) is 10.6 Å². The summed E-state index contributed by atoms with van der Waals surface area (Å²) < 4.78 is 41.1. The van der Waals surface area contributed by atoms with Crippen LogP contribution in [0.25, 0.3) is 0 Å². The van der Waals surface area contributed by atoms with Crippen molar-refractivity contribution in [1.82, 2.24) is 4.90 Å². The van der Waals surface area contributed by atoms with E-state index in [1.165, 1.54) is 36.4 Å². The lowest BCUT2D eigenvalue weighted by Gasteiger charge is -2.20. The fraction of sp³-hybridized carbons (Fsp3) is 0.316. The number of hydrogen-bond acceptors (Lipinski definition) is 3. The summed E-state index contributed by atoms with van der Waals surface area (Å²) in [6.07, 6.45) is 4.12. The minimum absolute atomic E-state index is 0.0681. The van der Waals surface area contributed by atoms with Crippen LogP contribution in [0.15, 0.2) is 53.4 Å². The molecule has 1 aliphatic rings. The molecular weight excluding hydrogens is 355 g/mol. The van der Waals surface area contributed by atoms with Crippen LogP contribution >= 0.6 is 0 Å². The summed E-state index contributed by atoms with van der Waals surface area (Å²) in [4.78, 5) is 14.4. The normalized spacial score (nSPS) is 15.3. The van der Waals surface area contributed by atoms with Crippen molar-refractivity contribution in [3.63, 3.8) is 0 Å². The fourth-order valence-electron chi connectivity index (χ4n) is 3.00. The number of nitrogens with zero attached hydrogens (tertiary/aromatic N) is 1. The molecule has 26 heavy (non-hydrogen) atoms. The lowest BCUT2D eigenvalue weighted by Crippen LogP contribution is -2.32. The highest BCUT2D eigenvalue weighted by Gasteiger charge is 2.21. The van der Waals surface area contributed by atoms with Crippen molar-refractivity contribution in [3.8, 4) is 0 Å². The summed E-state index contributed by atoms with van der Waals surface area (Å²) in [5, 5.41) is 0. The van der Waals surface area contributed by atoms with Crippen molar-refractivity contribution < 1.29 is 17.6 Å². The molecule has 2 aromatic rings. The van der Waals surface area contributed by atoms with Crippen LogP contribution in [0.2, 0.25) is 0 Å². The standard InChI is InChI=1S/C19H21FN2O3S/c20-17-10-3-4-11-18(17)21-26(24,25)16-9-7-8-15(14-16)19(23)22-12-5-1-2-6-13-22/h3-4,7-11,14,21H,1-2,5-6,12-13H2. The highest BCUT2D eigenvalue weighted by molar-refractivity contribution is 7.92. The number of amides is 1. The number of halogens is 1. The molecule has 0 spiro atoms. The van der Waals surface area contributed by atoms with E-state index < -0.39 is 15.8 Å². The van der Waals surface area contributed by atoms with Crippen LogP contribution in [0, 0.1) is 5.82 Å². The molecule has 1 heterocycles.